The van der Waals surface area contributed by atoms with Crippen LogP contribution in [0.1, 0.15) is 23.7 Å². The van der Waals surface area contributed by atoms with E-state index in [9.17, 15) is 14.9 Å². The summed E-state index contributed by atoms with van der Waals surface area (Å²) in [6.45, 7) is 6.56. The Kier molecular flexibility index (Phi) is 4.59. The van der Waals surface area contributed by atoms with Crippen molar-refractivity contribution < 1.29 is 14.5 Å². The molecule has 7 nitrogen and oxygen atoms in total. The van der Waals surface area contributed by atoms with Gasteiger partial charge in [-0.1, -0.05) is 0 Å². The summed E-state index contributed by atoms with van der Waals surface area (Å²) in [7, 11) is 0. The molecule has 0 bridgehead atoms. The van der Waals surface area contributed by atoms with Crippen LogP contribution in [-0.4, -0.2) is 15.9 Å². The van der Waals surface area contributed by atoms with Crippen molar-refractivity contribution in [3.63, 3.8) is 0 Å². The molecule has 120 valence electrons. The summed E-state index contributed by atoms with van der Waals surface area (Å²) in [5, 5.41) is 14.2. The van der Waals surface area contributed by atoms with E-state index in [2.05, 4.69) is 10.3 Å². The largest absolute Gasteiger partial charge is 0.426 e. The van der Waals surface area contributed by atoms with Gasteiger partial charge < -0.3 is 10.1 Å². The Morgan fingerprint density at radius 3 is 2.48 bits per heavy atom. The van der Waals surface area contributed by atoms with Crippen LogP contribution in [0, 0.1) is 30.9 Å². The van der Waals surface area contributed by atoms with Crippen LogP contribution in [-0.2, 0) is 4.79 Å². The van der Waals surface area contributed by atoms with E-state index in [1.807, 2.05) is 0 Å². The van der Waals surface area contributed by atoms with Gasteiger partial charge in [0.05, 0.1) is 4.92 Å². The summed E-state index contributed by atoms with van der Waals surface area (Å²) in [6, 6.07) is 6.71. The number of aryl methyl sites for hydroxylation is 3. The first-order valence-corrected chi connectivity index (χ1v) is 6.96. The molecular formula is C16H17N3O4. The minimum Gasteiger partial charge on any atom is -0.426 e. The highest BCUT2D eigenvalue weighted by Crippen LogP contribution is 2.31. The molecule has 0 radical (unpaired) electrons. The molecule has 2 rings (SSSR count). The topological polar surface area (TPSA) is 94.4 Å². The Balaban J connectivity index is 2.38. The number of carbonyl (C=O) groups is 1. The van der Waals surface area contributed by atoms with Crippen molar-refractivity contribution in [2.24, 2.45) is 0 Å². The Labute approximate surface area is 133 Å². The van der Waals surface area contributed by atoms with E-state index in [1.165, 1.54) is 6.92 Å². The van der Waals surface area contributed by atoms with E-state index in [4.69, 9.17) is 4.74 Å². The molecule has 0 aliphatic carbocycles. The van der Waals surface area contributed by atoms with E-state index < -0.39 is 10.9 Å². The third-order valence-corrected chi connectivity index (χ3v) is 3.19. The molecule has 0 fully saturated rings. The fourth-order valence-corrected chi connectivity index (χ4v) is 2.28. The average molecular weight is 315 g/mol. The second kappa shape index (κ2) is 6.43. The number of carbonyl (C=O) groups excluding carboxylic acids is 1. The lowest BCUT2D eigenvalue weighted by atomic mass is 10.2. The fraction of sp³-hybridized carbons (Fsp3) is 0.250. The summed E-state index contributed by atoms with van der Waals surface area (Å²) in [6.07, 6.45) is 0. The monoisotopic (exact) mass is 315 g/mol. The van der Waals surface area contributed by atoms with Crippen molar-refractivity contribution in [3.05, 3.63) is 51.2 Å². The van der Waals surface area contributed by atoms with Gasteiger partial charge in [-0.3, -0.25) is 14.9 Å². The van der Waals surface area contributed by atoms with Gasteiger partial charge in [0.25, 0.3) is 0 Å². The smallest absolute Gasteiger partial charge is 0.314 e. The molecule has 0 atom stereocenters. The van der Waals surface area contributed by atoms with Gasteiger partial charge in [0.2, 0.25) is 5.82 Å². The maximum Gasteiger partial charge on any atom is 0.314 e. The molecule has 0 saturated heterocycles. The highest BCUT2D eigenvalue weighted by atomic mass is 16.6. The van der Waals surface area contributed by atoms with Crippen molar-refractivity contribution >= 4 is 23.2 Å². The molecule has 0 aliphatic rings. The summed E-state index contributed by atoms with van der Waals surface area (Å²) in [5.74, 6) is 0.235. The number of benzene rings is 1. The van der Waals surface area contributed by atoms with Gasteiger partial charge in [-0.05, 0) is 50.6 Å². The Bertz CT molecular complexity index is 787. The van der Waals surface area contributed by atoms with E-state index in [1.54, 1.807) is 45.0 Å². The number of aromatic nitrogens is 1. The fourth-order valence-electron chi connectivity index (χ4n) is 2.28. The number of hydrogen-bond donors (Lipinski definition) is 1. The highest BCUT2D eigenvalue weighted by molar-refractivity contribution is 5.72. The number of ether oxygens (including phenoxy) is 1. The third-order valence-electron chi connectivity index (χ3n) is 3.19. The minimum atomic E-state index is -0.454. The van der Waals surface area contributed by atoms with Crippen molar-refractivity contribution in [2.75, 3.05) is 5.32 Å². The van der Waals surface area contributed by atoms with E-state index in [0.717, 1.165) is 5.56 Å². The van der Waals surface area contributed by atoms with Gasteiger partial charge >= 0.3 is 11.7 Å². The first-order valence-electron chi connectivity index (χ1n) is 6.96. The number of nitrogens with zero attached hydrogens (tertiary/aromatic N) is 2. The van der Waals surface area contributed by atoms with Crippen LogP contribution < -0.4 is 10.1 Å². The molecule has 1 aromatic carbocycles. The van der Waals surface area contributed by atoms with Crippen LogP contribution in [0.3, 0.4) is 0 Å². The average Bonchev–Trinajstić information content (AvgIpc) is 2.40. The van der Waals surface area contributed by atoms with Gasteiger partial charge in [0.15, 0.2) is 0 Å². The van der Waals surface area contributed by atoms with Crippen LogP contribution in [0.4, 0.5) is 17.2 Å². The molecule has 1 aromatic heterocycles. The minimum absolute atomic E-state index is 0.0580. The molecule has 0 amide bonds. The van der Waals surface area contributed by atoms with Gasteiger partial charge in [-0.15, -0.1) is 0 Å². The molecule has 7 heteroatoms. The molecular weight excluding hydrogens is 298 g/mol. The summed E-state index contributed by atoms with van der Waals surface area (Å²) in [4.78, 5) is 26.0. The first-order chi connectivity index (χ1) is 10.8. The Hall–Kier alpha value is -2.96. The predicted octanol–water partition coefficient (Wildman–Crippen LogP) is 3.58. The van der Waals surface area contributed by atoms with E-state index in [-0.39, 0.29) is 11.5 Å². The lowest BCUT2D eigenvalue weighted by Gasteiger charge is -2.11. The summed E-state index contributed by atoms with van der Waals surface area (Å²) >= 11 is 0. The number of anilines is 2. The number of rotatable bonds is 4. The second-order valence-electron chi connectivity index (χ2n) is 5.23. The quantitative estimate of drug-likeness (QED) is 0.401. The summed E-state index contributed by atoms with van der Waals surface area (Å²) < 4.78 is 5.06. The number of esters is 1. The number of hydrogen-bond acceptors (Lipinski definition) is 6. The molecule has 0 spiro atoms. The number of nitrogens with one attached hydrogen (secondary N) is 1. The molecule has 1 heterocycles. The molecule has 23 heavy (non-hydrogen) atoms. The van der Waals surface area contributed by atoms with Crippen molar-refractivity contribution in [3.8, 4) is 5.75 Å². The van der Waals surface area contributed by atoms with E-state index >= 15 is 0 Å². The normalized spacial score (nSPS) is 10.3. The van der Waals surface area contributed by atoms with E-state index in [0.29, 0.717) is 22.7 Å². The number of pyridine rings is 1. The lowest BCUT2D eigenvalue weighted by molar-refractivity contribution is -0.384. The molecule has 2 aromatic rings. The Morgan fingerprint density at radius 1 is 1.22 bits per heavy atom. The van der Waals surface area contributed by atoms with Crippen LogP contribution in [0.5, 0.6) is 5.75 Å². The van der Waals surface area contributed by atoms with Crippen LogP contribution in [0.25, 0.3) is 0 Å². The molecule has 0 aliphatic heterocycles. The van der Waals surface area contributed by atoms with Crippen molar-refractivity contribution in [1.29, 1.82) is 0 Å². The zero-order chi connectivity index (χ0) is 17.1. The standard InChI is InChI=1S/C16H17N3O4/c1-9-8-13(5-6-14(9)23-12(4)20)18-16-15(19(21)22)10(2)7-11(3)17-16/h5-8H,1-4H3,(H,17,18). The number of nitro groups is 1. The second-order valence-corrected chi connectivity index (χ2v) is 5.23. The molecule has 0 unspecified atom stereocenters. The van der Waals surface area contributed by atoms with Gasteiger partial charge in [-0.2, -0.15) is 0 Å². The van der Waals surface area contributed by atoms with Gasteiger partial charge in [-0.25, -0.2) is 4.98 Å². The maximum atomic E-state index is 11.3. The van der Waals surface area contributed by atoms with Crippen LogP contribution in [0.15, 0.2) is 24.3 Å². The molecule has 1 N–H and O–H groups in total. The highest BCUT2D eigenvalue weighted by Gasteiger charge is 2.20. The van der Waals surface area contributed by atoms with Crippen molar-refractivity contribution in [2.45, 2.75) is 27.7 Å². The van der Waals surface area contributed by atoms with Crippen LogP contribution >= 0.6 is 0 Å². The molecule has 0 saturated carbocycles. The SMILES string of the molecule is CC(=O)Oc1ccc(Nc2nc(C)cc(C)c2[N+](=O)[O-])cc1C. The zero-order valence-corrected chi connectivity index (χ0v) is 13.3. The first kappa shape index (κ1) is 16.4. The Morgan fingerprint density at radius 2 is 1.91 bits per heavy atom. The lowest BCUT2D eigenvalue weighted by Crippen LogP contribution is -2.05. The summed E-state index contributed by atoms with van der Waals surface area (Å²) in [5.41, 5.74) is 2.52. The van der Waals surface area contributed by atoms with Crippen LogP contribution in [0.2, 0.25) is 0 Å². The zero-order valence-electron chi connectivity index (χ0n) is 13.3. The maximum absolute atomic E-state index is 11.3. The van der Waals surface area contributed by atoms with Crippen molar-refractivity contribution in [1.82, 2.24) is 4.98 Å². The van der Waals surface area contributed by atoms with Gasteiger partial charge in [0, 0.05) is 23.9 Å². The predicted molar refractivity (Wildman–Crippen MR) is 86.1 cm³/mol. The third kappa shape index (κ3) is 3.82. The van der Waals surface area contributed by atoms with Gasteiger partial charge in [0.1, 0.15) is 5.75 Å².